The van der Waals surface area contributed by atoms with Crippen molar-refractivity contribution in [1.29, 1.82) is 0 Å². The van der Waals surface area contributed by atoms with Crippen LogP contribution >= 0.6 is 12.4 Å². The second kappa shape index (κ2) is 8.45. The highest BCUT2D eigenvalue weighted by molar-refractivity contribution is 5.85. The van der Waals surface area contributed by atoms with Crippen LogP contribution in [0.2, 0.25) is 0 Å². The molecule has 0 atom stereocenters. The number of ether oxygens (including phenoxy) is 1. The van der Waals surface area contributed by atoms with Crippen LogP contribution in [0.4, 0.5) is 0 Å². The molecule has 2 aromatic rings. The molecule has 0 bridgehead atoms. The summed E-state index contributed by atoms with van der Waals surface area (Å²) in [5.74, 6) is -0.101. The van der Waals surface area contributed by atoms with Gasteiger partial charge in [-0.15, -0.1) is 12.4 Å². The minimum Gasteiger partial charge on any atom is -0.454 e. The molecule has 4 heteroatoms. The van der Waals surface area contributed by atoms with Crippen molar-refractivity contribution in [3.63, 3.8) is 0 Å². The van der Waals surface area contributed by atoms with Crippen LogP contribution in [0.5, 0.6) is 0 Å². The molecule has 4 rings (SSSR count). The van der Waals surface area contributed by atoms with E-state index in [1.165, 1.54) is 11.1 Å². The van der Waals surface area contributed by atoms with Crippen LogP contribution in [0.3, 0.4) is 0 Å². The fourth-order valence-electron chi connectivity index (χ4n) is 4.53. The summed E-state index contributed by atoms with van der Waals surface area (Å²) in [7, 11) is 0. The van der Waals surface area contributed by atoms with Gasteiger partial charge in [0.25, 0.3) is 0 Å². The molecule has 144 valence electrons. The number of carbonyl (C=O) groups excluding carboxylic acids is 1. The Balaban J connectivity index is 0.00000210. The minimum atomic E-state index is -0.462. The van der Waals surface area contributed by atoms with Gasteiger partial charge in [-0.25, -0.2) is 0 Å². The minimum absolute atomic E-state index is 0. The highest BCUT2D eigenvalue weighted by Crippen LogP contribution is 2.39. The van der Waals surface area contributed by atoms with Crippen molar-refractivity contribution in [2.45, 2.75) is 50.7 Å². The Morgan fingerprint density at radius 3 is 2.11 bits per heavy atom. The predicted molar refractivity (Wildman–Crippen MR) is 110 cm³/mol. The second-order valence-corrected chi connectivity index (χ2v) is 7.55. The molecule has 1 aliphatic carbocycles. The van der Waals surface area contributed by atoms with Crippen molar-refractivity contribution >= 4 is 18.4 Å². The fourth-order valence-corrected chi connectivity index (χ4v) is 4.53. The molecule has 2 aliphatic rings. The van der Waals surface area contributed by atoms with Crippen molar-refractivity contribution in [3.8, 4) is 0 Å². The molecule has 27 heavy (non-hydrogen) atoms. The van der Waals surface area contributed by atoms with Crippen LogP contribution < -0.4 is 0 Å². The lowest BCUT2D eigenvalue weighted by atomic mass is 9.83. The molecular formula is C23H28ClNO2. The van der Waals surface area contributed by atoms with Gasteiger partial charge in [0.2, 0.25) is 0 Å². The first-order valence-electron chi connectivity index (χ1n) is 9.78. The smallest absolute Gasteiger partial charge is 0.306 e. The summed E-state index contributed by atoms with van der Waals surface area (Å²) in [6.07, 6.45) is 4.45. The SMILES string of the molecule is CCC(=O)OC1(c2ccccc2)CCN(C2Cc3ccccc3C2)CC1.Cl. The molecular weight excluding hydrogens is 358 g/mol. The Labute approximate surface area is 168 Å². The summed E-state index contributed by atoms with van der Waals surface area (Å²) in [5, 5.41) is 0. The van der Waals surface area contributed by atoms with E-state index < -0.39 is 5.60 Å². The number of piperidine rings is 1. The van der Waals surface area contributed by atoms with Crippen molar-refractivity contribution in [3.05, 3.63) is 71.3 Å². The molecule has 0 unspecified atom stereocenters. The van der Waals surface area contributed by atoms with Crippen molar-refractivity contribution in [2.24, 2.45) is 0 Å². The number of hydrogen-bond acceptors (Lipinski definition) is 3. The van der Waals surface area contributed by atoms with E-state index in [1.807, 2.05) is 25.1 Å². The molecule has 1 fully saturated rings. The van der Waals surface area contributed by atoms with Crippen LogP contribution in [0, 0.1) is 0 Å². The maximum atomic E-state index is 12.1. The van der Waals surface area contributed by atoms with Gasteiger partial charge < -0.3 is 4.74 Å². The maximum Gasteiger partial charge on any atom is 0.306 e. The number of benzene rings is 2. The lowest BCUT2D eigenvalue weighted by Crippen LogP contribution is -2.49. The molecule has 0 spiro atoms. The van der Waals surface area contributed by atoms with Crippen LogP contribution in [0.1, 0.15) is 42.9 Å². The van der Waals surface area contributed by atoms with Crippen molar-refractivity contribution in [1.82, 2.24) is 4.90 Å². The second-order valence-electron chi connectivity index (χ2n) is 7.55. The van der Waals surface area contributed by atoms with Crippen molar-refractivity contribution < 1.29 is 9.53 Å². The molecule has 1 aliphatic heterocycles. The maximum absolute atomic E-state index is 12.1. The molecule has 1 heterocycles. The number of hydrogen-bond donors (Lipinski definition) is 0. The predicted octanol–water partition coefficient (Wildman–Crippen LogP) is 4.52. The summed E-state index contributed by atoms with van der Waals surface area (Å²) in [6, 6.07) is 19.7. The molecule has 0 N–H and O–H groups in total. The van der Waals surface area contributed by atoms with Gasteiger partial charge in [0, 0.05) is 38.4 Å². The van der Waals surface area contributed by atoms with Gasteiger partial charge in [0.05, 0.1) is 0 Å². The lowest BCUT2D eigenvalue weighted by Gasteiger charge is -2.43. The lowest BCUT2D eigenvalue weighted by molar-refractivity contribution is -0.167. The van der Waals surface area contributed by atoms with Crippen LogP contribution in [0.25, 0.3) is 0 Å². The number of likely N-dealkylation sites (tertiary alicyclic amines) is 1. The van der Waals surface area contributed by atoms with E-state index in [1.54, 1.807) is 0 Å². The van der Waals surface area contributed by atoms with Gasteiger partial charge in [0.1, 0.15) is 5.60 Å². The molecule has 3 nitrogen and oxygen atoms in total. The van der Waals surface area contributed by atoms with E-state index in [0.717, 1.165) is 44.3 Å². The Morgan fingerprint density at radius 2 is 1.56 bits per heavy atom. The number of nitrogens with zero attached hydrogens (tertiary/aromatic N) is 1. The first-order chi connectivity index (χ1) is 12.7. The zero-order chi connectivity index (χ0) is 18.0. The van der Waals surface area contributed by atoms with Gasteiger partial charge in [-0.1, -0.05) is 61.5 Å². The quantitative estimate of drug-likeness (QED) is 0.724. The topological polar surface area (TPSA) is 29.5 Å². The highest BCUT2D eigenvalue weighted by atomic mass is 35.5. The number of halogens is 1. The number of carbonyl (C=O) groups is 1. The van der Waals surface area contributed by atoms with Crippen LogP contribution in [-0.4, -0.2) is 30.0 Å². The third-order valence-corrected chi connectivity index (χ3v) is 6.05. The Kier molecular flexibility index (Phi) is 6.23. The zero-order valence-corrected chi connectivity index (χ0v) is 16.7. The van der Waals surface area contributed by atoms with Crippen LogP contribution in [0.15, 0.2) is 54.6 Å². The summed E-state index contributed by atoms with van der Waals surface area (Å²) < 4.78 is 6.02. The van der Waals surface area contributed by atoms with Crippen molar-refractivity contribution in [2.75, 3.05) is 13.1 Å². The average molecular weight is 386 g/mol. The summed E-state index contributed by atoms with van der Waals surface area (Å²) >= 11 is 0. The van der Waals surface area contributed by atoms with E-state index in [2.05, 4.69) is 41.3 Å². The standard InChI is InChI=1S/C23H27NO2.ClH/c1-2-22(25)26-23(20-10-4-3-5-11-20)12-14-24(15-13-23)21-16-18-8-6-7-9-19(18)17-21;/h3-11,21H,2,12-17H2,1H3;1H. The average Bonchev–Trinajstić information content (AvgIpc) is 3.13. The summed E-state index contributed by atoms with van der Waals surface area (Å²) in [4.78, 5) is 14.7. The van der Waals surface area contributed by atoms with E-state index in [9.17, 15) is 4.79 Å². The number of rotatable bonds is 4. The third-order valence-electron chi connectivity index (χ3n) is 6.05. The first kappa shape index (κ1) is 19.9. The molecule has 0 saturated carbocycles. The summed E-state index contributed by atoms with van der Waals surface area (Å²) in [5.41, 5.74) is 3.66. The van der Waals surface area contributed by atoms with E-state index >= 15 is 0 Å². The largest absolute Gasteiger partial charge is 0.454 e. The van der Waals surface area contributed by atoms with Gasteiger partial charge in [0.15, 0.2) is 0 Å². The Hall–Kier alpha value is -1.84. The highest BCUT2D eigenvalue weighted by Gasteiger charge is 2.41. The fraction of sp³-hybridized carbons (Fsp3) is 0.435. The van der Waals surface area contributed by atoms with Gasteiger partial charge in [-0.2, -0.15) is 0 Å². The molecule has 0 amide bonds. The molecule has 2 aromatic carbocycles. The normalized spacial score (nSPS) is 19.1. The number of fused-ring (bicyclic) bond motifs is 1. The van der Waals surface area contributed by atoms with Gasteiger partial charge >= 0.3 is 5.97 Å². The van der Waals surface area contributed by atoms with E-state index in [4.69, 9.17) is 4.74 Å². The van der Waals surface area contributed by atoms with Crippen LogP contribution in [-0.2, 0) is 28.0 Å². The van der Waals surface area contributed by atoms with Gasteiger partial charge in [-0.3, -0.25) is 9.69 Å². The Bertz CT molecular complexity index is 744. The first-order valence-corrected chi connectivity index (χ1v) is 9.78. The third kappa shape index (κ3) is 4.04. The number of esters is 1. The molecule has 0 aromatic heterocycles. The van der Waals surface area contributed by atoms with E-state index in [-0.39, 0.29) is 18.4 Å². The molecule has 0 radical (unpaired) electrons. The Morgan fingerprint density at radius 1 is 1.00 bits per heavy atom. The van der Waals surface area contributed by atoms with Gasteiger partial charge in [-0.05, 0) is 29.5 Å². The monoisotopic (exact) mass is 385 g/mol. The molecule has 1 saturated heterocycles. The summed E-state index contributed by atoms with van der Waals surface area (Å²) in [6.45, 7) is 3.82. The zero-order valence-electron chi connectivity index (χ0n) is 15.9. The van der Waals surface area contributed by atoms with E-state index in [0.29, 0.717) is 12.5 Å².